The summed E-state index contributed by atoms with van der Waals surface area (Å²) in [6.07, 6.45) is 17.0. The van der Waals surface area contributed by atoms with E-state index in [2.05, 4.69) is 20.7 Å². The van der Waals surface area contributed by atoms with Crippen LogP contribution in [0.1, 0.15) is 69.8 Å². The molecule has 1 aliphatic carbocycles. The SMILES string of the molecule is O=C(/C=C/c1ccc(N[C@@H]2CCCN(CC3CCCCC3)C2)nc1)NOC1CCCCO1. The molecule has 7 nitrogen and oxygen atoms in total. The summed E-state index contributed by atoms with van der Waals surface area (Å²) < 4.78 is 5.43. The van der Waals surface area contributed by atoms with Crippen LogP contribution in [0, 0.1) is 5.92 Å². The zero-order valence-electron chi connectivity index (χ0n) is 19.1. The third kappa shape index (κ3) is 7.57. The maximum Gasteiger partial charge on any atom is 0.267 e. The number of rotatable bonds is 8. The summed E-state index contributed by atoms with van der Waals surface area (Å²) in [6.45, 7) is 4.27. The van der Waals surface area contributed by atoms with Gasteiger partial charge in [-0.05, 0) is 74.8 Å². The fourth-order valence-corrected chi connectivity index (χ4v) is 5.01. The van der Waals surface area contributed by atoms with E-state index in [1.54, 1.807) is 12.3 Å². The van der Waals surface area contributed by atoms with Gasteiger partial charge in [0, 0.05) is 44.4 Å². The van der Waals surface area contributed by atoms with Crippen molar-refractivity contribution in [3.05, 3.63) is 30.0 Å². The Morgan fingerprint density at radius 3 is 2.78 bits per heavy atom. The molecule has 1 unspecified atom stereocenters. The lowest BCUT2D eigenvalue weighted by atomic mass is 9.88. The molecule has 32 heavy (non-hydrogen) atoms. The standard InChI is InChI=1S/C25H38N4O3/c30-24(28-32-25-10-4-5-16-31-25)14-12-20-11-13-23(26-17-20)27-22-9-6-15-29(19-22)18-21-7-2-1-3-8-21/h11-14,17,21-22,25H,1-10,15-16,18-19H2,(H,26,27)(H,28,30)/b14-12+/t22-,25?/m1/s1. The van der Waals surface area contributed by atoms with Crippen LogP contribution in [0.5, 0.6) is 0 Å². The second kappa shape index (κ2) is 12.3. The van der Waals surface area contributed by atoms with Crippen LogP contribution in [0.15, 0.2) is 24.4 Å². The molecular formula is C25H38N4O3. The van der Waals surface area contributed by atoms with E-state index in [1.165, 1.54) is 64.1 Å². The summed E-state index contributed by atoms with van der Waals surface area (Å²) in [4.78, 5) is 24.4. The molecule has 2 aliphatic heterocycles. The summed E-state index contributed by atoms with van der Waals surface area (Å²) in [7, 11) is 0. The fourth-order valence-electron chi connectivity index (χ4n) is 5.01. The number of likely N-dealkylation sites (tertiary alicyclic amines) is 1. The molecule has 3 heterocycles. The quantitative estimate of drug-likeness (QED) is 0.466. The van der Waals surface area contributed by atoms with Crippen molar-refractivity contribution in [2.75, 3.05) is 31.6 Å². The Labute approximate surface area is 191 Å². The summed E-state index contributed by atoms with van der Waals surface area (Å²) in [5.41, 5.74) is 3.31. The number of nitrogens with one attached hydrogen (secondary N) is 2. The van der Waals surface area contributed by atoms with Crippen molar-refractivity contribution in [3.63, 3.8) is 0 Å². The molecule has 1 amide bonds. The van der Waals surface area contributed by atoms with Crippen molar-refractivity contribution in [2.45, 2.75) is 76.5 Å². The molecule has 0 spiro atoms. The zero-order chi connectivity index (χ0) is 22.0. The third-order valence-corrected chi connectivity index (χ3v) is 6.74. The number of pyridine rings is 1. The van der Waals surface area contributed by atoms with Gasteiger partial charge in [-0.2, -0.15) is 0 Å². The van der Waals surface area contributed by atoms with Crippen LogP contribution in [0.25, 0.3) is 6.08 Å². The Kier molecular flexibility index (Phi) is 8.94. The van der Waals surface area contributed by atoms with Crippen LogP contribution in [0.3, 0.4) is 0 Å². The van der Waals surface area contributed by atoms with E-state index >= 15 is 0 Å². The lowest BCUT2D eigenvalue weighted by molar-refractivity contribution is -0.198. The molecule has 176 valence electrons. The minimum atomic E-state index is -0.341. The van der Waals surface area contributed by atoms with Crippen molar-refractivity contribution < 1.29 is 14.4 Å². The average molecular weight is 443 g/mol. The van der Waals surface area contributed by atoms with Crippen LogP contribution in [-0.2, 0) is 14.4 Å². The molecule has 2 N–H and O–H groups in total. The Morgan fingerprint density at radius 2 is 2.00 bits per heavy atom. The Bertz CT molecular complexity index is 727. The first-order valence-corrected chi connectivity index (χ1v) is 12.4. The normalized spacial score (nSPS) is 25.6. The van der Waals surface area contributed by atoms with Crippen molar-refractivity contribution in [1.82, 2.24) is 15.4 Å². The van der Waals surface area contributed by atoms with E-state index in [0.717, 1.165) is 43.1 Å². The highest BCUT2D eigenvalue weighted by Crippen LogP contribution is 2.26. The van der Waals surface area contributed by atoms with Gasteiger partial charge in [0.25, 0.3) is 5.91 Å². The number of amides is 1. The van der Waals surface area contributed by atoms with Crippen molar-refractivity contribution in [3.8, 4) is 0 Å². The van der Waals surface area contributed by atoms with Gasteiger partial charge in [0.2, 0.25) is 0 Å². The number of carbonyl (C=O) groups is 1. The van der Waals surface area contributed by atoms with Gasteiger partial charge in [0.15, 0.2) is 6.29 Å². The predicted octanol–water partition coefficient (Wildman–Crippen LogP) is 4.13. The molecule has 1 saturated carbocycles. The van der Waals surface area contributed by atoms with Crippen molar-refractivity contribution >= 4 is 17.8 Å². The minimum Gasteiger partial charge on any atom is -0.366 e. The molecule has 7 heteroatoms. The first-order valence-electron chi connectivity index (χ1n) is 12.4. The molecule has 2 atom stereocenters. The first kappa shape index (κ1) is 23.2. The van der Waals surface area contributed by atoms with Crippen LogP contribution in [0.4, 0.5) is 5.82 Å². The second-order valence-corrected chi connectivity index (χ2v) is 9.44. The van der Waals surface area contributed by atoms with E-state index in [1.807, 2.05) is 12.1 Å². The smallest absolute Gasteiger partial charge is 0.267 e. The number of hydrogen-bond acceptors (Lipinski definition) is 6. The molecule has 1 aromatic heterocycles. The van der Waals surface area contributed by atoms with Gasteiger partial charge >= 0.3 is 0 Å². The summed E-state index contributed by atoms with van der Waals surface area (Å²) >= 11 is 0. The largest absolute Gasteiger partial charge is 0.366 e. The molecule has 0 aromatic carbocycles. The highest BCUT2D eigenvalue weighted by Gasteiger charge is 2.23. The predicted molar refractivity (Wildman–Crippen MR) is 126 cm³/mol. The monoisotopic (exact) mass is 442 g/mol. The van der Waals surface area contributed by atoms with Crippen LogP contribution in [0.2, 0.25) is 0 Å². The minimum absolute atomic E-state index is 0.304. The van der Waals surface area contributed by atoms with E-state index in [4.69, 9.17) is 9.57 Å². The third-order valence-electron chi connectivity index (χ3n) is 6.74. The van der Waals surface area contributed by atoms with Gasteiger partial charge in [0.1, 0.15) is 5.82 Å². The molecule has 1 aromatic rings. The molecule has 0 bridgehead atoms. The molecule has 2 saturated heterocycles. The number of anilines is 1. The lowest BCUT2D eigenvalue weighted by Gasteiger charge is -2.36. The van der Waals surface area contributed by atoms with Gasteiger partial charge in [-0.25, -0.2) is 15.3 Å². The van der Waals surface area contributed by atoms with Gasteiger partial charge in [-0.3, -0.25) is 4.79 Å². The van der Waals surface area contributed by atoms with Gasteiger partial charge in [-0.1, -0.05) is 19.3 Å². The molecule has 3 aliphatic rings. The number of carbonyl (C=O) groups excluding carboxylic acids is 1. The summed E-state index contributed by atoms with van der Waals surface area (Å²) in [6, 6.07) is 4.42. The highest BCUT2D eigenvalue weighted by molar-refractivity contribution is 5.90. The van der Waals surface area contributed by atoms with Crippen molar-refractivity contribution in [1.29, 1.82) is 0 Å². The van der Waals surface area contributed by atoms with Crippen LogP contribution >= 0.6 is 0 Å². The number of hydroxylamine groups is 1. The van der Waals surface area contributed by atoms with E-state index in [-0.39, 0.29) is 12.2 Å². The fraction of sp³-hybridized carbons (Fsp3) is 0.680. The molecule has 0 radical (unpaired) electrons. The number of aromatic nitrogens is 1. The number of hydrogen-bond donors (Lipinski definition) is 2. The lowest BCUT2D eigenvalue weighted by Crippen LogP contribution is -2.44. The number of nitrogens with zero attached hydrogens (tertiary/aromatic N) is 2. The van der Waals surface area contributed by atoms with E-state index in [9.17, 15) is 4.79 Å². The zero-order valence-corrected chi connectivity index (χ0v) is 19.1. The maximum absolute atomic E-state index is 11.9. The molecular weight excluding hydrogens is 404 g/mol. The highest BCUT2D eigenvalue weighted by atomic mass is 16.8. The van der Waals surface area contributed by atoms with E-state index < -0.39 is 0 Å². The Hall–Kier alpha value is -1.96. The van der Waals surface area contributed by atoms with Gasteiger partial charge in [0.05, 0.1) is 0 Å². The van der Waals surface area contributed by atoms with Crippen LogP contribution in [-0.4, -0.2) is 54.4 Å². The topological polar surface area (TPSA) is 75.7 Å². The summed E-state index contributed by atoms with van der Waals surface area (Å²) in [5.74, 6) is 1.49. The Balaban J connectivity index is 1.19. The molecule has 4 rings (SSSR count). The van der Waals surface area contributed by atoms with Crippen molar-refractivity contribution in [2.24, 2.45) is 5.92 Å². The maximum atomic E-state index is 11.9. The number of piperidine rings is 1. The van der Waals surface area contributed by atoms with Crippen LogP contribution < -0.4 is 10.8 Å². The molecule has 3 fully saturated rings. The average Bonchev–Trinajstić information content (AvgIpc) is 2.84. The second-order valence-electron chi connectivity index (χ2n) is 9.44. The first-order chi connectivity index (χ1) is 15.7. The number of ether oxygens (including phenoxy) is 1. The van der Waals surface area contributed by atoms with E-state index in [0.29, 0.717) is 12.6 Å². The van der Waals surface area contributed by atoms with Gasteiger partial charge in [-0.15, -0.1) is 0 Å². The Morgan fingerprint density at radius 1 is 1.12 bits per heavy atom. The summed E-state index contributed by atoms with van der Waals surface area (Å²) in [5, 5.41) is 3.61. The van der Waals surface area contributed by atoms with Gasteiger partial charge < -0.3 is 15.0 Å².